The van der Waals surface area contributed by atoms with E-state index in [1.807, 2.05) is 13.8 Å². The number of hydrogen-bond donors (Lipinski definition) is 1. The molecule has 0 aliphatic carbocycles. The molecule has 0 aliphatic rings. The molecule has 1 unspecified atom stereocenters. The summed E-state index contributed by atoms with van der Waals surface area (Å²) in [6, 6.07) is 10.3. The summed E-state index contributed by atoms with van der Waals surface area (Å²) in [4.78, 5) is 27.6. The van der Waals surface area contributed by atoms with Gasteiger partial charge in [-0.25, -0.2) is 4.79 Å². The second-order valence-electron chi connectivity index (χ2n) is 6.20. The van der Waals surface area contributed by atoms with Gasteiger partial charge in [0, 0.05) is 10.0 Å². The SMILES string of the molecule is CCC(C)Oc1c(C=Nn2c(=O)[nH]c3ccccc3c2=O)cc(Br)cc1OC. The van der Waals surface area contributed by atoms with Crippen molar-refractivity contribution in [2.45, 2.75) is 26.4 Å². The maximum atomic E-state index is 12.6. The highest BCUT2D eigenvalue weighted by atomic mass is 79.9. The molecule has 1 heterocycles. The van der Waals surface area contributed by atoms with E-state index < -0.39 is 11.2 Å². The minimum absolute atomic E-state index is 0.0472. The standard InChI is InChI=1S/C20H20BrN3O4/c1-4-12(2)28-18-13(9-14(21)10-17(18)27-3)11-22-24-19(25)15-7-5-6-8-16(15)23-20(24)26/h5-12H,4H2,1-3H3,(H,23,26). The lowest BCUT2D eigenvalue weighted by Gasteiger charge is -2.18. The van der Waals surface area contributed by atoms with Crippen LogP contribution in [0.5, 0.6) is 11.5 Å². The number of hydrogen-bond acceptors (Lipinski definition) is 5. The van der Waals surface area contributed by atoms with Gasteiger partial charge in [-0.05, 0) is 37.6 Å². The molecule has 1 atom stereocenters. The number of aromatic nitrogens is 2. The summed E-state index contributed by atoms with van der Waals surface area (Å²) in [5.41, 5.74) is -0.0758. The van der Waals surface area contributed by atoms with Crippen LogP contribution in [-0.2, 0) is 0 Å². The van der Waals surface area contributed by atoms with Crippen molar-refractivity contribution < 1.29 is 9.47 Å². The Bertz CT molecular complexity index is 1150. The van der Waals surface area contributed by atoms with E-state index in [1.54, 1.807) is 43.5 Å². The van der Waals surface area contributed by atoms with Crippen molar-refractivity contribution in [3.63, 3.8) is 0 Å². The molecule has 0 saturated heterocycles. The molecule has 0 bridgehead atoms. The van der Waals surface area contributed by atoms with E-state index in [1.165, 1.54) is 6.21 Å². The predicted octanol–water partition coefficient (Wildman–Crippen LogP) is 3.52. The second-order valence-corrected chi connectivity index (χ2v) is 7.12. The molecule has 0 fully saturated rings. The number of rotatable bonds is 6. The molecule has 1 N–H and O–H groups in total. The number of fused-ring (bicyclic) bond motifs is 1. The van der Waals surface area contributed by atoms with Gasteiger partial charge in [0.25, 0.3) is 5.56 Å². The fraction of sp³-hybridized carbons (Fsp3) is 0.250. The van der Waals surface area contributed by atoms with Crippen molar-refractivity contribution in [1.29, 1.82) is 0 Å². The highest BCUT2D eigenvalue weighted by Gasteiger charge is 2.15. The van der Waals surface area contributed by atoms with Gasteiger partial charge in [-0.15, -0.1) is 4.68 Å². The van der Waals surface area contributed by atoms with E-state index in [9.17, 15) is 9.59 Å². The van der Waals surface area contributed by atoms with Gasteiger partial charge in [0.1, 0.15) is 0 Å². The summed E-state index contributed by atoms with van der Waals surface area (Å²) in [7, 11) is 1.55. The third-order valence-electron chi connectivity index (χ3n) is 4.26. The first-order chi connectivity index (χ1) is 13.4. The Morgan fingerprint density at radius 1 is 1.29 bits per heavy atom. The molecule has 8 heteroatoms. The van der Waals surface area contributed by atoms with Crippen molar-refractivity contribution >= 4 is 33.0 Å². The zero-order valence-corrected chi connectivity index (χ0v) is 17.3. The molecule has 146 valence electrons. The topological polar surface area (TPSA) is 85.7 Å². The lowest BCUT2D eigenvalue weighted by molar-refractivity contribution is 0.207. The Labute approximate surface area is 169 Å². The van der Waals surface area contributed by atoms with Crippen molar-refractivity contribution in [3.8, 4) is 11.5 Å². The number of nitrogens with zero attached hydrogens (tertiary/aromatic N) is 2. The molecular formula is C20H20BrN3O4. The van der Waals surface area contributed by atoms with Crippen LogP contribution in [0.25, 0.3) is 10.9 Å². The first kappa shape index (κ1) is 19.9. The van der Waals surface area contributed by atoms with Crippen LogP contribution in [0.2, 0.25) is 0 Å². The van der Waals surface area contributed by atoms with Gasteiger partial charge in [-0.2, -0.15) is 5.10 Å². The number of para-hydroxylation sites is 1. The molecule has 7 nitrogen and oxygen atoms in total. The van der Waals surface area contributed by atoms with E-state index >= 15 is 0 Å². The molecular weight excluding hydrogens is 426 g/mol. The number of nitrogens with one attached hydrogen (secondary N) is 1. The van der Waals surface area contributed by atoms with Gasteiger partial charge in [0.05, 0.1) is 30.3 Å². The Balaban J connectivity index is 2.12. The average molecular weight is 446 g/mol. The van der Waals surface area contributed by atoms with Crippen molar-refractivity contribution in [2.24, 2.45) is 5.10 Å². The van der Waals surface area contributed by atoms with Crippen LogP contribution in [0.1, 0.15) is 25.8 Å². The van der Waals surface area contributed by atoms with E-state index in [0.717, 1.165) is 15.6 Å². The van der Waals surface area contributed by atoms with Gasteiger partial charge in [0.15, 0.2) is 11.5 Å². The highest BCUT2D eigenvalue weighted by Crippen LogP contribution is 2.35. The van der Waals surface area contributed by atoms with E-state index in [4.69, 9.17) is 9.47 Å². The van der Waals surface area contributed by atoms with Crippen LogP contribution in [0.15, 0.2) is 55.6 Å². The normalized spacial score (nSPS) is 12.4. The summed E-state index contributed by atoms with van der Waals surface area (Å²) in [5, 5.41) is 4.49. The van der Waals surface area contributed by atoms with Gasteiger partial charge in [-0.1, -0.05) is 35.0 Å². The first-order valence-corrected chi connectivity index (χ1v) is 9.56. The molecule has 0 spiro atoms. The second kappa shape index (κ2) is 8.43. The van der Waals surface area contributed by atoms with Crippen LogP contribution in [-0.4, -0.2) is 29.1 Å². The lowest BCUT2D eigenvalue weighted by Crippen LogP contribution is -2.32. The molecule has 0 amide bonds. The summed E-state index contributed by atoms with van der Waals surface area (Å²) in [6.07, 6.45) is 2.17. The van der Waals surface area contributed by atoms with Crippen LogP contribution in [0.3, 0.4) is 0 Å². The van der Waals surface area contributed by atoms with E-state index in [-0.39, 0.29) is 6.10 Å². The third-order valence-corrected chi connectivity index (χ3v) is 4.72. The quantitative estimate of drug-likeness (QED) is 0.588. The average Bonchev–Trinajstić information content (AvgIpc) is 2.69. The van der Waals surface area contributed by atoms with Gasteiger partial charge in [0.2, 0.25) is 0 Å². The van der Waals surface area contributed by atoms with Crippen molar-refractivity contribution in [2.75, 3.05) is 7.11 Å². The van der Waals surface area contributed by atoms with Crippen LogP contribution >= 0.6 is 15.9 Å². The van der Waals surface area contributed by atoms with E-state index in [0.29, 0.717) is 28.0 Å². The largest absolute Gasteiger partial charge is 0.493 e. The number of aromatic amines is 1. The Kier molecular flexibility index (Phi) is 5.99. The van der Waals surface area contributed by atoms with Crippen LogP contribution in [0.4, 0.5) is 0 Å². The molecule has 0 saturated carbocycles. The van der Waals surface area contributed by atoms with E-state index in [2.05, 4.69) is 26.0 Å². The van der Waals surface area contributed by atoms with Gasteiger partial charge < -0.3 is 14.5 Å². The zero-order valence-electron chi connectivity index (χ0n) is 15.7. The summed E-state index contributed by atoms with van der Waals surface area (Å²) in [6.45, 7) is 3.96. The molecule has 2 aromatic carbocycles. The first-order valence-electron chi connectivity index (χ1n) is 8.77. The maximum Gasteiger partial charge on any atom is 0.349 e. The molecule has 1 aromatic heterocycles. The number of methoxy groups -OCH3 is 1. The lowest BCUT2D eigenvalue weighted by atomic mass is 10.2. The van der Waals surface area contributed by atoms with Crippen molar-refractivity contribution in [1.82, 2.24) is 9.66 Å². The van der Waals surface area contributed by atoms with Crippen LogP contribution in [0, 0.1) is 0 Å². The fourth-order valence-corrected chi connectivity index (χ4v) is 3.08. The summed E-state index contributed by atoms with van der Waals surface area (Å²) in [5.74, 6) is 1.02. The molecule has 0 radical (unpaired) electrons. The molecule has 3 rings (SSSR count). The summed E-state index contributed by atoms with van der Waals surface area (Å²) >= 11 is 3.43. The third kappa shape index (κ3) is 4.01. The van der Waals surface area contributed by atoms with Crippen LogP contribution < -0.4 is 20.7 Å². The Morgan fingerprint density at radius 3 is 2.75 bits per heavy atom. The number of halogens is 1. The Morgan fingerprint density at radius 2 is 2.04 bits per heavy atom. The predicted molar refractivity (Wildman–Crippen MR) is 113 cm³/mol. The Hall–Kier alpha value is -2.87. The molecule has 28 heavy (non-hydrogen) atoms. The smallest absolute Gasteiger partial charge is 0.349 e. The minimum atomic E-state index is -0.619. The van der Waals surface area contributed by atoms with Gasteiger partial charge in [-0.3, -0.25) is 4.79 Å². The molecule has 3 aromatic rings. The molecule has 0 aliphatic heterocycles. The zero-order chi connectivity index (χ0) is 20.3. The highest BCUT2D eigenvalue weighted by molar-refractivity contribution is 9.10. The fourth-order valence-electron chi connectivity index (χ4n) is 2.62. The number of H-pyrrole nitrogens is 1. The summed E-state index contributed by atoms with van der Waals surface area (Å²) < 4.78 is 12.9. The monoisotopic (exact) mass is 445 g/mol. The number of ether oxygens (including phenoxy) is 2. The van der Waals surface area contributed by atoms with Gasteiger partial charge >= 0.3 is 5.69 Å². The maximum absolute atomic E-state index is 12.6. The van der Waals surface area contributed by atoms with Crippen molar-refractivity contribution in [3.05, 3.63) is 67.3 Å². The minimum Gasteiger partial charge on any atom is -0.493 e. The number of benzene rings is 2.